The van der Waals surface area contributed by atoms with Gasteiger partial charge in [0.1, 0.15) is 5.69 Å². The summed E-state index contributed by atoms with van der Waals surface area (Å²) < 4.78 is 1.78. The van der Waals surface area contributed by atoms with E-state index in [4.69, 9.17) is 5.11 Å². The van der Waals surface area contributed by atoms with E-state index in [1.807, 2.05) is 0 Å². The van der Waals surface area contributed by atoms with Gasteiger partial charge in [-0.2, -0.15) is 0 Å². The maximum Gasteiger partial charge on any atom is 0.108 e. The molecule has 6 heteroatoms. The van der Waals surface area contributed by atoms with E-state index in [0.29, 0.717) is 5.69 Å². The maximum absolute atomic E-state index is 8.94. The standard InChI is InChI=1S/C16H26N4OSi/c1-22(2,3)16-7-4-6-14(10-16)11-17-8-5-9-20-12-15(13-21)18-19-20/h4,6-7,10,12,17,21H,5,8-9,11,13H2,1-3H3. The molecule has 0 saturated carbocycles. The third kappa shape index (κ3) is 5.05. The summed E-state index contributed by atoms with van der Waals surface area (Å²) in [5.41, 5.74) is 1.97. The van der Waals surface area contributed by atoms with Crippen LogP contribution in [0, 0.1) is 0 Å². The van der Waals surface area contributed by atoms with Crippen molar-refractivity contribution in [3.63, 3.8) is 0 Å². The van der Waals surface area contributed by atoms with Crippen molar-refractivity contribution >= 4 is 13.3 Å². The Kier molecular flexibility index (Phi) is 5.88. The molecule has 0 unspecified atom stereocenters. The van der Waals surface area contributed by atoms with Gasteiger partial charge in [0, 0.05) is 13.1 Å². The van der Waals surface area contributed by atoms with Gasteiger partial charge in [-0.25, -0.2) is 0 Å². The summed E-state index contributed by atoms with van der Waals surface area (Å²) >= 11 is 0. The lowest BCUT2D eigenvalue weighted by molar-refractivity contribution is 0.276. The van der Waals surface area contributed by atoms with Crippen LogP contribution in [0.25, 0.3) is 0 Å². The number of nitrogens with one attached hydrogen (secondary N) is 1. The minimum atomic E-state index is -1.23. The second-order valence-electron chi connectivity index (χ2n) is 6.61. The average Bonchev–Trinajstić information content (AvgIpc) is 2.94. The first kappa shape index (κ1) is 16.9. The van der Waals surface area contributed by atoms with Crippen LogP contribution in [0.4, 0.5) is 0 Å². The van der Waals surface area contributed by atoms with E-state index < -0.39 is 8.07 Å². The number of aryl methyl sites for hydroxylation is 1. The van der Waals surface area contributed by atoms with Gasteiger partial charge in [-0.3, -0.25) is 4.68 Å². The topological polar surface area (TPSA) is 63.0 Å². The minimum absolute atomic E-state index is 0.0499. The highest BCUT2D eigenvalue weighted by molar-refractivity contribution is 6.88. The Balaban J connectivity index is 1.72. The van der Waals surface area contributed by atoms with Crippen molar-refractivity contribution in [1.82, 2.24) is 20.3 Å². The highest BCUT2D eigenvalue weighted by Gasteiger charge is 2.15. The molecule has 120 valence electrons. The first-order chi connectivity index (χ1) is 10.5. The largest absolute Gasteiger partial charge is 0.390 e. The summed E-state index contributed by atoms with van der Waals surface area (Å²) in [4.78, 5) is 0. The van der Waals surface area contributed by atoms with E-state index in [0.717, 1.165) is 26.1 Å². The SMILES string of the molecule is C[Si](C)(C)c1cccc(CNCCCn2cc(CO)nn2)c1. The summed E-state index contributed by atoms with van der Waals surface area (Å²) in [6, 6.07) is 8.93. The zero-order chi connectivity index (χ0) is 16.0. The molecule has 0 aliphatic carbocycles. The fraction of sp³-hybridized carbons (Fsp3) is 0.500. The van der Waals surface area contributed by atoms with Crippen molar-refractivity contribution in [2.45, 2.75) is 45.8 Å². The molecule has 0 atom stereocenters. The molecule has 1 heterocycles. The summed E-state index contributed by atoms with van der Waals surface area (Å²) in [5.74, 6) is 0. The number of nitrogens with zero attached hydrogens (tertiary/aromatic N) is 3. The first-order valence-corrected chi connectivity index (χ1v) is 11.3. The van der Waals surface area contributed by atoms with Gasteiger partial charge in [0.2, 0.25) is 0 Å². The van der Waals surface area contributed by atoms with Gasteiger partial charge in [-0.05, 0) is 18.5 Å². The Morgan fingerprint density at radius 3 is 2.77 bits per heavy atom. The van der Waals surface area contributed by atoms with E-state index in [9.17, 15) is 0 Å². The van der Waals surface area contributed by atoms with E-state index in [1.165, 1.54) is 10.8 Å². The predicted octanol–water partition coefficient (Wildman–Crippen LogP) is 1.50. The van der Waals surface area contributed by atoms with Crippen LogP contribution < -0.4 is 10.5 Å². The smallest absolute Gasteiger partial charge is 0.108 e. The van der Waals surface area contributed by atoms with Gasteiger partial charge >= 0.3 is 0 Å². The molecule has 0 amide bonds. The van der Waals surface area contributed by atoms with Gasteiger partial charge in [0.25, 0.3) is 0 Å². The van der Waals surface area contributed by atoms with Gasteiger partial charge < -0.3 is 10.4 Å². The van der Waals surface area contributed by atoms with Crippen LogP contribution in [0.2, 0.25) is 19.6 Å². The molecular weight excluding hydrogens is 292 g/mol. The van der Waals surface area contributed by atoms with E-state index >= 15 is 0 Å². The van der Waals surface area contributed by atoms with Crippen molar-refractivity contribution in [2.75, 3.05) is 6.54 Å². The Bertz CT molecular complexity index is 592. The summed E-state index contributed by atoms with van der Waals surface area (Å²) in [6.07, 6.45) is 2.78. The number of hydrogen-bond donors (Lipinski definition) is 2. The van der Waals surface area contributed by atoms with E-state index in [2.05, 4.69) is 59.5 Å². The summed E-state index contributed by atoms with van der Waals surface area (Å²) in [7, 11) is -1.23. The normalized spacial score (nSPS) is 11.8. The fourth-order valence-electron chi connectivity index (χ4n) is 2.27. The highest BCUT2D eigenvalue weighted by Crippen LogP contribution is 2.05. The second kappa shape index (κ2) is 7.67. The zero-order valence-electron chi connectivity index (χ0n) is 13.7. The Morgan fingerprint density at radius 2 is 2.09 bits per heavy atom. The molecule has 0 aliphatic rings. The predicted molar refractivity (Wildman–Crippen MR) is 91.7 cm³/mol. The molecule has 1 aromatic heterocycles. The highest BCUT2D eigenvalue weighted by atomic mass is 28.3. The van der Waals surface area contributed by atoms with E-state index in [1.54, 1.807) is 10.9 Å². The third-order valence-corrected chi connectivity index (χ3v) is 5.65. The van der Waals surface area contributed by atoms with Crippen molar-refractivity contribution in [3.05, 3.63) is 41.7 Å². The van der Waals surface area contributed by atoms with Crippen molar-refractivity contribution in [3.8, 4) is 0 Å². The van der Waals surface area contributed by atoms with Crippen LogP contribution in [0.5, 0.6) is 0 Å². The summed E-state index contributed by atoms with van der Waals surface area (Å²) in [5, 5.41) is 21.7. The second-order valence-corrected chi connectivity index (χ2v) is 11.7. The molecule has 0 radical (unpaired) electrons. The molecule has 22 heavy (non-hydrogen) atoms. The number of aliphatic hydroxyl groups is 1. The zero-order valence-corrected chi connectivity index (χ0v) is 14.7. The molecule has 0 fully saturated rings. The first-order valence-electron chi connectivity index (χ1n) is 7.79. The quantitative estimate of drug-likeness (QED) is 0.572. The van der Waals surface area contributed by atoms with Gasteiger partial charge in [0.15, 0.2) is 0 Å². The van der Waals surface area contributed by atoms with Crippen LogP contribution in [0.3, 0.4) is 0 Å². The molecule has 2 rings (SSSR count). The number of aromatic nitrogens is 3. The molecule has 2 N–H and O–H groups in total. The Hall–Kier alpha value is -1.50. The number of hydrogen-bond acceptors (Lipinski definition) is 4. The van der Waals surface area contributed by atoms with Crippen molar-refractivity contribution < 1.29 is 5.11 Å². The molecular formula is C16H26N4OSi. The Labute approximate surface area is 133 Å². The average molecular weight is 318 g/mol. The number of rotatable bonds is 8. The molecule has 5 nitrogen and oxygen atoms in total. The van der Waals surface area contributed by atoms with Crippen molar-refractivity contribution in [2.24, 2.45) is 0 Å². The summed E-state index contributed by atoms with van der Waals surface area (Å²) in [6.45, 7) is 9.72. The molecule has 1 aromatic carbocycles. The Morgan fingerprint density at radius 1 is 1.27 bits per heavy atom. The van der Waals surface area contributed by atoms with E-state index in [-0.39, 0.29) is 6.61 Å². The molecule has 0 aliphatic heterocycles. The lowest BCUT2D eigenvalue weighted by atomic mass is 10.2. The minimum Gasteiger partial charge on any atom is -0.390 e. The monoisotopic (exact) mass is 318 g/mol. The molecule has 0 saturated heterocycles. The van der Waals surface area contributed by atoms with Crippen molar-refractivity contribution in [1.29, 1.82) is 0 Å². The van der Waals surface area contributed by atoms with Gasteiger partial charge in [-0.1, -0.05) is 54.3 Å². The lowest BCUT2D eigenvalue weighted by Crippen LogP contribution is -2.37. The third-order valence-electron chi connectivity index (χ3n) is 3.61. The van der Waals surface area contributed by atoms with Crippen LogP contribution in [0.15, 0.2) is 30.5 Å². The van der Waals surface area contributed by atoms with Crippen LogP contribution in [0.1, 0.15) is 17.7 Å². The molecule has 0 spiro atoms. The molecule has 0 bridgehead atoms. The van der Waals surface area contributed by atoms with Crippen LogP contribution >= 0.6 is 0 Å². The lowest BCUT2D eigenvalue weighted by Gasteiger charge is -2.17. The van der Waals surface area contributed by atoms with Crippen LogP contribution in [-0.2, 0) is 19.7 Å². The number of aliphatic hydroxyl groups excluding tert-OH is 1. The maximum atomic E-state index is 8.94. The fourth-order valence-corrected chi connectivity index (χ4v) is 3.48. The van der Waals surface area contributed by atoms with Gasteiger partial charge in [0.05, 0.1) is 20.9 Å². The van der Waals surface area contributed by atoms with Crippen LogP contribution in [-0.4, -0.2) is 34.7 Å². The molecule has 2 aromatic rings. The van der Waals surface area contributed by atoms with Gasteiger partial charge in [-0.15, -0.1) is 5.10 Å². The number of benzene rings is 1.